The summed E-state index contributed by atoms with van der Waals surface area (Å²) in [4.78, 5) is 8.78. The molecule has 1 aromatic heterocycles. The van der Waals surface area contributed by atoms with E-state index in [2.05, 4.69) is 29.1 Å². The number of aromatic nitrogens is 2. The Kier molecular flexibility index (Phi) is 3.18. The molecule has 0 bridgehead atoms. The molecule has 104 valence electrons. The predicted molar refractivity (Wildman–Crippen MR) is 79.3 cm³/mol. The molecule has 3 rings (SSSR count). The molecule has 20 heavy (non-hydrogen) atoms. The van der Waals surface area contributed by atoms with Crippen molar-refractivity contribution in [1.82, 2.24) is 9.97 Å². The van der Waals surface area contributed by atoms with Crippen LogP contribution in [-0.2, 0) is 0 Å². The Balaban J connectivity index is 1.71. The first-order chi connectivity index (χ1) is 9.57. The zero-order valence-corrected chi connectivity index (χ0v) is 11.7. The Morgan fingerprint density at radius 2 is 1.80 bits per heavy atom. The zero-order chi connectivity index (χ0) is 14.2. The summed E-state index contributed by atoms with van der Waals surface area (Å²) in [6.45, 7) is 4.13. The Bertz CT molecular complexity index is 580. The number of benzene rings is 1. The first-order valence-electron chi connectivity index (χ1n) is 6.89. The van der Waals surface area contributed by atoms with Gasteiger partial charge in [0.1, 0.15) is 0 Å². The molecule has 4 nitrogen and oxygen atoms in total. The van der Waals surface area contributed by atoms with Crippen LogP contribution in [0.4, 0.5) is 5.69 Å². The number of anilines is 1. The van der Waals surface area contributed by atoms with E-state index in [1.165, 1.54) is 0 Å². The minimum absolute atomic E-state index is 0.0991. The second kappa shape index (κ2) is 4.87. The normalized spacial score (nSPS) is 23.9. The first-order valence-corrected chi connectivity index (χ1v) is 6.89. The van der Waals surface area contributed by atoms with Gasteiger partial charge in [-0.3, -0.25) is 0 Å². The van der Waals surface area contributed by atoms with Crippen molar-refractivity contribution in [2.75, 3.05) is 5.32 Å². The summed E-state index contributed by atoms with van der Waals surface area (Å²) < 4.78 is 0. The van der Waals surface area contributed by atoms with Crippen molar-refractivity contribution >= 4 is 5.69 Å². The van der Waals surface area contributed by atoms with E-state index < -0.39 is 0 Å². The lowest BCUT2D eigenvalue weighted by atomic mass is 9.64. The van der Waals surface area contributed by atoms with E-state index in [0.717, 1.165) is 23.5 Å². The molecule has 0 radical (unpaired) electrons. The van der Waals surface area contributed by atoms with Crippen molar-refractivity contribution in [2.45, 2.75) is 32.4 Å². The van der Waals surface area contributed by atoms with Gasteiger partial charge < -0.3 is 10.4 Å². The molecule has 0 amide bonds. The topological polar surface area (TPSA) is 58.0 Å². The van der Waals surface area contributed by atoms with Crippen LogP contribution in [0.2, 0.25) is 0 Å². The van der Waals surface area contributed by atoms with Crippen LogP contribution in [0.15, 0.2) is 42.7 Å². The summed E-state index contributed by atoms with van der Waals surface area (Å²) in [6, 6.07) is 10.2. The number of nitrogens with zero attached hydrogens (tertiary/aromatic N) is 2. The standard InChI is InChI=1S/C16H19N3O/c1-16(2)13(8-14(16)20)19-12-9-17-15(18-10-12)11-6-4-3-5-7-11/h3-7,9-10,13-14,19-20H,8H2,1-2H3. The van der Waals surface area contributed by atoms with Gasteiger partial charge in [-0.2, -0.15) is 0 Å². The SMILES string of the molecule is CC1(C)C(O)CC1Nc1cnc(-c2ccccc2)nc1. The van der Waals surface area contributed by atoms with E-state index in [1.807, 2.05) is 30.3 Å². The van der Waals surface area contributed by atoms with Crippen LogP contribution in [0.5, 0.6) is 0 Å². The molecule has 1 heterocycles. The fourth-order valence-corrected chi connectivity index (χ4v) is 2.49. The Morgan fingerprint density at radius 1 is 1.15 bits per heavy atom. The van der Waals surface area contributed by atoms with Crippen LogP contribution in [0.1, 0.15) is 20.3 Å². The number of aliphatic hydroxyl groups is 1. The molecule has 2 aromatic rings. The molecule has 1 aliphatic rings. The average Bonchev–Trinajstić information content (AvgIpc) is 2.48. The highest BCUT2D eigenvalue weighted by atomic mass is 16.3. The van der Waals surface area contributed by atoms with Gasteiger partial charge in [0.15, 0.2) is 5.82 Å². The predicted octanol–water partition coefficient (Wildman–Crippen LogP) is 2.71. The summed E-state index contributed by atoms with van der Waals surface area (Å²) in [6.07, 6.45) is 4.14. The van der Waals surface area contributed by atoms with Gasteiger partial charge in [0, 0.05) is 17.0 Å². The van der Waals surface area contributed by atoms with Crippen LogP contribution in [-0.4, -0.2) is 27.2 Å². The molecule has 1 saturated carbocycles. The van der Waals surface area contributed by atoms with E-state index in [-0.39, 0.29) is 17.6 Å². The molecule has 1 aliphatic carbocycles. The van der Waals surface area contributed by atoms with E-state index in [4.69, 9.17) is 0 Å². The Morgan fingerprint density at radius 3 is 2.35 bits per heavy atom. The molecule has 2 atom stereocenters. The highest BCUT2D eigenvalue weighted by molar-refractivity contribution is 5.56. The second-order valence-electron chi connectivity index (χ2n) is 5.93. The molecule has 1 aromatic carbocycles. The van der Waals surface area contributed by atoms with Gasteiger partial charge in [0.25, 0.3) is 0 Å². The van der Waals surface area contributed by atoms with Gasteiger partial charge in [0.05, 0.1) is 24.2 Å². The summed E-state index contributed by atoms with van der Waals surface area (Å²) >= 11 is 0. The van der Waals surface area contributed by atoms with Gasteiger partial charge in [-0.1, -0.05) is 44.2 Å². The zero-order valence-electron chi connectivity index (χ0n) is 11.7. The summed E-state index contributed by atoms with van der Waals surface area (Å²) in [7, 11) is 0. The van der Waals surface area contributed by atoms with Crippen molar-refractivity contribution in [3.63, 3.8) is 0 Å². The van der Waals surface area contributed by atoms with E-state index in [1.54, 1.807) is 12.4 Å². The molecular weight excluding hydrogens is 250 g/mol. The Hall–Kier alpha value is -1.94. The lowest BCUT2D eigenvalue weighted by molar-refractivity contribution is -0.0510. The van der Waals surface area contributed by atoms with Crippen molar-refractivity contribution in [1.29, 1.82) is 0 Å². The van der Waals surface area contributed by atoms with Crippen molar-refractivity contribution in [2.24, 2.45) is 5.41 Å². The van der Waals surface area contributed by atoms with Crippen LogP contribution in [0.25, 0.3) is 11.4 Å². The minimum Gasteiger partial charge on any atom is -0.392 e. The molecule has 0 aliphatic heterocycles. The van der Waals surface area contributed by atoms with Gasteiger partial charge in [-0.05, 0) is 6.42 Å². The number of hydrogen-bond donors (Lipinski definition) is 2. The molecule has 0 saturated heterocycles. The quantitative estimate of drug-likeness (QED) is 0.899. The first kappa shape index (κ1) is 13.1. The Labute approximate surface area is 118 Å². The monoisotopic (exact) mass is 269 g/mol. The average molecular weight is 269 g/mol. The van der Waals surface area contributed by atoms with Crippen molar-refractivity contribution < 1.29 is 5.11 Å². The van der Waals surface area contributed by atoms with Crippen LogP contribution < -0.4 is 5.32 Å². The maximum atomic E-state index is 9.75. The molecular formula is C16H19N3O. The maximum absolute atomic E-state index is 9.75. The second-order valence-corrected chi connectivity index (χ2v) is 5.93. The number of nitrogens with one attached hydrogen (secondary N) is 1. The molecule has 0 spiro atoms. The third-order valence-electron chi connectivity index (χ3n) is 4.24. The van der Waals surface area contributed by atoms with Crippen LogP contribution in [0, 0.1) is 5.41 Å². The summed E-state index contributed by atoms with van der Waals surface area (Å²) in [5.41, 5.74) is 1.81. The minimum atomic E-state index is -0.232. The number of aliphatic hydroxyl groups excluding tert-OH is 1. The molecule has 4 heteroatoms. The lowest BCUT2D eigenvalue weighted by Crippen LogP contribution is -2.56. The third kappa shape index (κ3) is 2.27. The van der Waals surface area contributed by atoms with Gasteiger partial charge in [0.2, 0.25) is 0 Å². The number of hydrogen-bond acceptors (Lipinski definition) is 4. The van der Waals surface area contributed by atoms with Gasteiger partial charge >= 0.3 is 0 Å². The van der Waals surface area contributed by atoms with E-state index in [9.17, 15) is 5.11 Å². The van der Waals surface area contributed by atoms with Crippen molar-refractivity contribution in [3.8, 4) is 11.4 Å². The highest BCUT2D eigenvalue weighted by Crippen LogP contribution is 2.42. The fourth-order valence-electron chi connectivity index (χ4n) is 2.49. The molecule has 2 N–H and O–H groups in total. The van der Waals surface area contributed by atoms with E-state index >= 15 is 0 Å². The molecule has 2 unspecified atom stereocenters. The number of rotatable bonds is 3. The smallest absolute Gasteiger partial charge is 0.159 e. The highest BCUT2D eigenvalue weighted by Gasteiger charge is 2.47. The van der Waals surface area contributed by atoms with Gasteiger partial charge in [-0.25, -0.2) is 9.97 Å². The third-order valence-corrected chi connectivity index (χ3v) is 4.24. The largest absolute Gasteiger partial charge is 0.392 e. The fraction of sp³-hybridized carbons (Fsp3) is 0.375. The maximum Gasteiger partial charge on any atom is 0.159 e. The van der Waals surface area contributed by atoms with Gasteiger partial charge in [-0.15, -0.1) is 0 Å². The molecule has 1 fully saturated rings. The lowest BCUT2D eigenvalue weighted by Gasteiger charge is -2.49. The summed E-state index contributed by atoms with van der Waals surface area (Å²) in [5.74, 6) is 0.726. The summed E-state index contributed by atoms with van der Waals surface area (Å²) in [5, 5.41) is 13.1. The van der Waals surface area contributed by atoms with Crippen LogP contribution >= 0.6 is 0 Å². The van der Waals surface area contributed by atoms with E-state index in [0.29, 0.717) is 0 Å². The van der Waals surface area contributed by atoms with Crippen molar-refractivity contribution in [3.05, 3.63) is 42.7 Å². The van der Waals surface area contributed by atoms with Crippen LogP contribution in [0.3, 0.4) is 0 Å².